The van der Waals surface area contributed by atoms with Gasteiger partial charge < -0.3 is 15.5 Å². The van der Waals surface area contributed by atoms with Crippen LogP contribution < -0.4 is 21.1 Å². The fraction of sp³-hybridized carbons (Fsp3) is 0.423. The topological polar surface area (TPSA) is 79.3 Å². The van der Waals surface area contributed by atoms with Crippen molar-refractivity contribution in [3.05, 3.63) is 63.8 Å². The number of amides is 1. The quantitative estimate of drug-likeness (QED) is 0.519. The third-order valence-electron chi connectivity index (χ3n) is 7.21. The second-order valence-electron chi connectivity index (χ2n) is 9.53. The minimum atomic E-state index is -2.91. The molecule has 1 fully saturated rings. The highest BCUT2D eigenvalue weighted by molar-refractivity contribution is 5.91. The van der Waals surface area contributed by atoms with Crippen LogP contribution in [-0.4, -0.2) is 35.6 Å². The van der Waals surface area contributed by atoms with Crippen LogP contribution in [0.3, 0.4) is 0 Å². The molecule has 192 valence electrons. The van der Waals surface area contributed by atoms with Gasteiger partial charge >= 0.3 is 0 Å². The maximum absolute atomic E-state index is 14.7. The Labute approximate surface area is 207 Å². The summed E-state index contributed by atoms with van der Waals surface area (Å²) in [5.41, 5.74) is 0.298. The molecule has 1 aliphatic rings. The summed E-state index contributed by atoms with van der Waals surface area (Å²) in [7, 11) is 3.26. The minimum absolute atomic E-state index is 0.0126. The molecule has 2 N–H and O–H groups in total. The highest BCUT2D eigenvalue weighted by Crippen LogP contribution is 2.35. The van der Waals surface area contributed by atoms with Crippen LogP contribution in [0.4, 0.5) is 24.5 Å². The number of halogens is 3. The third-order valence-corrected chi connectivity index (χ3v) is 7.21. The standard InChI is InChI=1S/C26H30F3N5O2/c1-15(16-6-5-7-17(21(16)27)22(28)29)32-19-8-11-31-23-18(19)14-20(24(35)33(23)4)34-12-9-26(2,10-13-34)25(36)30-3/h5-8,11,14-15,22H,9-10,12-13H2,1-4H3,(H,30,36)(H,31,32)/t15-/m1/s1. The zero-order valence-corrected chi connectivity index (χ0v) is 20.7. The Bertz CT molecular complexity index is 1350. The first-order chi connectivity index (χ1) is 17.1. The minimum Gasteiger partial charge on any atom is -0.378 e. The molecule has 1 amide bonds. The van der Waals surface area contributed by atoms with Crippen molar-refractivity contribution in [2.75, 3.05) is 30.4 Å². The molecular weight excluding hydrogens is 471 g/mol. The number of nitrogens with zero attached hydrogens (tertiary/aromatic N) is 3. The lowest BCUT2D eigenvalue weighted by molar-refractivity contribution is -0.130. The molecule has 0 bridgehead atoms. The van der Waals surface area contributed by atoms with Crippen molar-refractivity contribution in [3.63, 3.8) is 0 Å². The van der Waals surface area contributed by atoms with Gasteiger partial charge in [-0.3, -0.25) is 14.2 Å². The normalized spacial score (nSPS) is 16.3. The maximum atomic E-state index is 14.7. The van der Waals surface area contributed by atoms with Gasteiger partial charge in [0, 0.05) is 55.4 Å². The van der Waals surface area contributed by atoms with E-state index < -0.39 is 29.3 Å². The van der Waals surface area contributed by atoms with E-state index in [-0.39, 0.29) is 17.0 Å². The summed E-state index contributed by atoms with van der Waals surface area (Å²) in [6, 6.07) is 6.80. The Hall–Kier alpha value is -3.56. The van der Waals surface area contributed by atoms with Crippen LogP contribution in [0.15, 0.2) is 41.3 Å². The summed E-state index contributed by atoms with van der Waals surface area (Å²) in [6.45, 7) is 4.69. The molecule has 10 heteroatoms. The van der Waals surface area contributed by atoms with E-state index >= 15 is 0 Å². The number of piperidine rings is 1. The number of hydrogen-bond acceptors (Lipinski definition) is 5. The van der Waals surface area contributed by atoms with Crippen molar-refractivity contribution in [1.82, 2.24) is 14.9 Å². The van der Waals surface area contributed by atoms with Gasteiger partial charge in [0.25, 0.3) is 12.0 Å². The Morgan fingerprint density at radius 2 is 1.83 bits per heavy atom. The highest BCUT2D eigenvalue weighted by Gasteiger charge is 2.37. The van der Waals surface area contributed by atoms with Crippen LogP contribution in [0.25, 0.3) is 11.0 Å². The largest absolute Gasteiger partial charge is 0.378 e. The van der Waals surface area contributed by atoms with Gasteiger partial charge in [0.2, 0.25) is 5.91 Å². The number of benzene rings is 1. The van der Waals surface area contributed by atoms with Crippen LogP contribution >= 0.6 is 0 Å². The Balaban J connectivity index is 1.69. The summed E-state index contributed by atoms with van der Waals surface area (Å²) in [6.07, 6.45) is -0.171. The molecule has 0 radical (unpaired) electrons. The predicted molar refractivity (Wildman–Crippen MR) is 134 cm³/mol. The number of alkyl halides is 2. The summed E-state index contributed by atoms with van der Waals surface area (Å²) in [5, 5.41) is 6.57. The number of nitrogens with one attached hydrogen (secondary N) is 2. The summed E-state index contributed by atoms with van der Waals surface area (Å²) in [5.74, 6) is -0.951. The molecule has 2 aromatic heterocycles. The van der Waals surface area contributed by atoms with Gasteiger partial charge in [-0.05, 0) is 31.9 Å². The van der Waals surface area contributed by atoms with Crippen molar-refractivity contribution < 1.29 is 18.0 Å². The highest BCUT2D eigenvalue weighted by atomic mass is 19.3. The van der Waals surface area contributed by atoms with Crippen LogP contribution in [0, 0.1) is 11.2 Å². The first-order valence-electron chi connectivity index (χ1n) is 11.9. The van der Waals surface area contributed by atoms with Crippen molar-refractivity contribution >= 4 is 28.3 Å². The fourth-order valence-corrected chi connectivity index (χ4v) is 4.84. The summed E-state index contributed by atoms with van der Waals surface area (Å²) >= 11 is 0. The number of hydrogen-bond donors (Lipinski definition) is 2. The monoisotopic (exact) mass is 501 g/mol. The van der Waals surface area contributed by atoms with E-state index in [1.54, 1.807) is 33.2 Å². The number of anilines is 2. The average Bonchev–Trinajstić information content (AvgIpc) is 2.86. The van der Waals surface area contributed by atoms with Crippen LogP contribution in [0.5, 0.6) is 0 Å². The second kappa shape index (κ2) is 9.83. The van der Waals surface area contributed by atoms with Crippen molar-refractivity contribution in [3.8, 4) is 0 Å². The van der Waals surface area contributed by atoms with Crippen molar-refractivity contribution in [1.29, 1.82) is 0 Å². The lowest BCUT2D eigenvalue weighted by Crippen LogP contribution is -2.47. The molecule has 1 atom stereocenters. The summed E-state index contributed by atoms with van der Waals surface area (Å²) < 4.78 is 42.6. The molecular formula is C26H30F3N5O2. The van der Waals surface area contributed by atoms with Gasteiger partial charge in [0.05, 0.1) is 11.6 Å². The molecule has 3 aromatic rings. The molecule has 36 heavy (non-hydrogen) atoms. The van der Waals surface area contributed by atoms with E-state index in [4.69, 9.17) is 0 Å². The number of carbonyl (C=O) groups is 1. The SMILES string of the molecule is CNC(=O)C1(C)CCN(c2cc3c(N[C@H](C)c4cccc(C(F)F)c4F)ccnc3n(C)c2=O)CC1. The van der Waals surface area contributed by atoms with E-state index in [1.807, 2.05) is 11.8 Å². The zero-order valence-electron chi connectivity index (χ0n) is 20.7. The van der Waals surface area contributed by atoms with Gasteiger partial charge in [0.15, 0.2) is 0 Å². The number of fused-ring (bicyclic) bond motifs is 1. The van der Waals surface area contributed by atoms with Crippen LogP contribution in [-0.2, 0) is 11.8 Å². The van der Waals surface area contributed by atoms with Crippen molar-refractivity contribution in [2.24, 2.45) is 12.5 Å². The molecule has 4 rings (SSSR count). The van der Waals surface area contributed by atoms with Gasteiger partial charge in [0.1, 0.15) is 17.2 Å². The van der Waals surface area contributed by atoms with Gasteiger partial charge in [-0.2, -0.15) is 0 Å². The number of carbonyl (C=O) groups excluding carboxylic acids is 1. The molecule has 3 heterocycles. The number of aryl methyl sites for hydroxylation is 1. The zero-order chi connectivity index (χ0) is 26.2. The molecule has 7 nitrogen and oxygen atoms in total. The van der Waals surface area contributed by atoms with E-state index in [2.05, 4.69) is 15.6 Å². The molecule has 1 aromatic carbocycles. The molecule has 0 spiro atoms. The Morgan fingerprint density at radius 3 is 2.47 bits per heavy atom. The number of aromatic nitrogens is 2. The Kier molecular flexibility index (Phi) is 6.97. The van der Waals surface area contributed by atoms with Gasteiger partial charge in [-0.25, -0.2) is 18.2 Å². The third kappa shape index (κ3) is 4.52. The van der Waals surface area contributed by atoms with Crippen LogP contribution in [0.2, 0.25) is 0 Å². The molecule has 1 aliphatic heterocycles. The van der Waals surface area contributed by atoms with E-state index in [0.29, 0.717) is 48.3 Å². The van der Waals surface area contributed by atoms with Crippen molar-refractivity contribution in [2.45, 2.75) is 39.2 Å². The molecule has 0 aliphatic carbocycles. The second-order valence-corrected chi connectivity index (χ2v) is 9.53. The Morgan fingerprint density at radius 1 is 1.17 bits per heavy atom. The smallest absolute Gasteiger partial charge is 0.275 e. The number of rotatable bonds is 6. The van der Waals surface area contributed by atoms with E-state index in [9.17, 15) is 22.8 Å². The molecule has 1 saturated heterocycles. The van der Waals surface area contributed by atoms with E-state index in [0.717, 1.165) is 6.07 Å². The maximum Gasteiger partial charge on any atom is 0.275 e. The summed E-state index contributed by atoms with van der Waals surface area (Å²) in [4.78, 5) is 31.8. The first kappa shape index (κ1) is 25.5. The van der Waals surface area contributed by atoms with Crippen LogP contribution in [0.1, 0.15) is 50.3 Å². The predicted octanol–water partition coefficient (Wildman–Crippen LogP) is 4.54. The van der Waals surface area contributed by atoms with Gasteiger partial charge in [-0.15, -0.1) is 0 Å². The molecule has 0 unspecified atom stereocenters. The van der Waals surface area contributed by atoms with Gasteiger partial charge in [-0.1, -0.05) is 25.1 Å². The lowest BCUT2D eigenvalue weighted by atomic mass is 9.79. The van der Waals surface area contributed by atoms with E-state index in [1.165, 1.54) is 22.9 Å². The fourth-order valence-electron chi connectivity index (χ4n) is 4.84. The molecule has 0 saturated carbocycles. The average molecular weight is 502 g/mol. The lowest BCUT2D eigenvalue weighted by Gasteiger charge is -2.39. The number of pyridine rings is 2. The first-order valence-corrected chi connectivity index (χ1v) is 11.9.